The third-order valence-corrected chi connectivity index (χ3v) is 6.90. The van der Waals surface area contributed by atoms with Crippen LogP contribution in [0.1, 0.15) is 21.7 Å². The van der Waals surface area contributed by atoms with Gasteiger partial charge in [-0.3, -0.25) is 4.79 Å². The molecule has 0 saturated heterocycles. The molecule has 0 aliphatic carbocycles. The van der Waals surface area contributed by atoms with Crippen molar-refractivity contribution >= 4 is 40.0 Å². The highest BCUT2D eigenvalue weighted by atomic mass is 32.2. The first-order chi connectivity index (χ1) is 16.1. The van der Waals surface area contributed by atoms with E-state index >= 15 is 0 Å². The molecular weight excluding hydrogens is 456 g/mol. The van der Waals surface area contributed by atoms with Crippen molar-refractivity contribution in [1.29, 1.82) is 0 Å². The average molecular weight is 479 g/mol. The van der Waals surface area contributed by atoms with E-state index in [2.05, 4.69) is 15.5 Å². The van der Waals surface area contributed by atoms with E-state index in [1.54, 1.807) is 0 Å². The third kappa shape index (κ3) is 5.32. The van der Waals surface area contributed by atoms with Gasteiger partial charge in [-0.25, -0.2) is 4.79 Å². The molecule has 0 spiro atoms. The van der Waals surface area contributed by atoms with E-state index < -0.39 is 5.97 Å². The molecule has 4 aromatic rings. The van der Waals surface area contributed by atoms with Crippen LogP contribution < -0.4 is 5.32 Å². The Morgan fingerprint density at radius 2 is 1.76 bits per heavy atom. The highest BCUT2D eigenvalue weighted by molar-refractivity contribution is 7.99. The van der Waals surface area contributed by atoms with Gasteiger partial charge in [0, 0.05) is 24.4 Å². The number of rotatable bonds is 8. The summed E-state index contributed by atoms with van der Waals surface area (Å²) in [5, 5.41) is 14.3. The number of nitrogens with zero attached hydrogens (tertiary/aromatic N) is 3. The zero-order valence-corrected chi connectivity index (χ0v) is 19.8. The van der Waals surface area contributed by atoms with Crippen LogP contribution in [-0.2, 0) is 23.0 Å². The Hall–Kier alpha value is -3.43. The van der Waals surface area contributed by atoms with Crippen molar-refractivity contribution in [1.82, 2.24) is 14.8 Å². The van der Waals surface area contributed by atoms with Crippen LogP contribution in [0.3, 0.4) is 0 Å². The molecule has 0 fully saturated rings. The Labute approximate surface area is 199 Å². The number of hydrogen-bond acceptors (Lipinski definition) is 7. The Morgan fingerprint density at radius 3 is 2.45 bits per heavy atom. The summed E-state index contributed by atoms with van der Waals surface area (Å²) in [6.07, 6.45) is 0.664. The lowest BCUT2D eigenvalue weighted by Crippen LogP contribution is -2.16. The molecule has 0 saturated carbocycles. The molecule has 4 rings (SSSR count). The van der Waals surface area contributed by atoms with Crippen LogP contribution in [0.25, 0.3) is 11.1 Å². The van der Waals surface area contributed by atoms with Crippen LogP contribution in [0.15, 0.2) is 71.2 Å². The molecule has 0 bridgehead atoms. The second-order valence-corrected chi connectivity index (χ2v) is 8.99. The van der Waals surface area contributed by atoms with Gasteiger partial charge in [-0.1, -0.05) is 72.4 Å². The van der Waals surface area contributed by atoms with Crippen molar-refractivity contribution in [2.45, 2.75) is 11.6 Å². The number of anilines is 1. The number of methoxy groups -OCH3 is 1. The molecule has 2 heterocycles. The molecular formula is C24H22N4O3S2. The number of esters is 1. The average Bonchev–Trinajstić information content (AvgIpc) is 3.42. The van der Waals surface area contributed by atoms with E-state index in [1.807, 2.05) is 77.7 Å². The monoisotopic (exact) mass is 478 g/mol. The quantitative estimate of drug-likeness (QED) is 0.293. The van der Waals surface area contributed by atoms with Gasteiger partial charge in [-0.2, -0.15) is 0 Å². The number of carbonyl (C=O) groups is 2. The van der Waals surface area contributed by atoms with Crippen molar-refractivity contribution in [3.63, 3.8) is 0 Å². The van der Waals surface area contributed by atoms with Gasteiger partial charge in [0.2, 0.25) is 5.91 Å². The van der Waals surface area contributed by atoms with Crippen LogP contribution in [0.4, 0.5) is 5.00 Å². The largest absolute Gasteiger partial charge is 0.465 e. The molecule has 7 nitrogen and oxygen atoms in total. The molecule has 2 aromatic carbocycles. The SMILES string of the molecule is COC(=O)c1c(-c2ccccc2)csc1NC(=O)CSc1nnc(Cc2ccccc2)n1C. The molecule has 0 unspecified atom stereocenters. The molecule has 0 aliphatic rings. The Balaban J connectivity index is 1.44. The predicted octanol–water partition coefficient (Wildman–Crippen LogP) is 4.65. The van der Waals surface area contributed by atoms with Crippen LogP contribution in [-0.4, -0.2) is 39.5 Å². The Morgan fingerprint density at radius 1 is 1.06 bits per heavy atom. The van der Waals surface area contributed by atoms with Gasteiger partial charge < -0.3 is 14.6 Å². The summed E-state index contributed by atoms with van der Waals surface area (Å²) in [6.45, 7) is 0. The van der Waals surface area contributed by atoms with E-state index in [-0.39, 0.29) is 11.7 Å². The second kappa shape index (κ2) is 10.5. The highest BCUT2D eigenvalue weighted by Gasteiger charge is 2.22. The maximum absolute atomic E-state index is 12.7. The molecule has 2 aromatic heterocycles. The first-order valence-electron chi connectivity index (χ1n) is 10.2. The number of thioether (sulfide) groups is 1. The normalized spacial score (nSPS) is 10.7. The number of hydrogen-bond donors (Lipinski definition) is 1. The van der Waals surface area contributed by atoms with Gasteiger partial charge in [-0.05, 0) is 11.1 Å². The molecule has 0 atom stereocenters. The first-order valence-corrected chi connectivity index (χ1v) is 12.0. The Kier molecular flexibility index (Phi) is 7.21. The number of aromatic nitrogens is 3. The van der Waals surface area contributed by atoms with E-state index in [9.17, 15) is 9.59 Å². The molecule has 9 heteroatoms. The van der Waals surface area contributed by atoms with Crippen molar-refractivity contribution in [2.24, 2.45) is 7.05 Å². The van der Waals surface area contributed by atoms with Crippen LogP contribution in [0.5, 0.6) is 0 Å². The van der Waals surface area contributed by atoms with Gasteiger partial charge in [0.1, 0.15) is 16.4 Å². The summed E-state index contributed by atoms with van der Waals surface area (Å²) in [5.41, 5.74) is 3.11. The molecule has 168 valence electrons. The van der Waals surface area contributed by atoms with Crippen LogP contribution in [0, 0.1) is 0 Å². The lowest BCUT2D eigenvalue weighted by molar-refractivity contribution is -0.113. The van der Waals surface area contributed by atoms with E-state index in [1.165, 1.54) is 30.2 Å². The fourth-order valence-corrected chi connectivity index (χ4v) is 4.98. The maximum atomic E-state index is 12.7. The van der Waals surface area contributed by atoms with Gasteiger partial charge in [0.15, 0.2) is 5.16 Å². The summed E-state index contributed by atoms with van der Waals surface area (Å²) in [4.78, 5) is 25.1. The zero-order valence-electron chi connectivity index (χ0n) is 18.1. The summed E-state index contributed by atoms with van der Waals surface area (Å²) in [6, 6.07) is 19.6. The molecule has 33 heavy (non-hydrogen) atoms. The number of thiophene rings is 1. The summed E-state index contributed by atoms with van der Waals surface area (Å²) < 4.78 is 6.86. The number of ether oxygens (including phenoxy) is 1. The number of benzene rings is 2. The standard InChI is InChI=1S/C24H22N4O3S2/c1-28-19(13-16-9-5-3-6-10-16)26-27-24(28)33-15-20(29)25-22-21(23(30)31-2)18(14-32-22)17-11-7-4-8-12-17/h3-12,14H,13,15H2,1-2H3,(H,25,29). The first kappa shape index (κ1) is 22.8. The van der Waals surface area contributed by atoms with Crippen molar-refractivity contribution in [3.05, 3.63) is 83.0 Å². The Bertz CT molecular complexity index is 1250. The zero-order chi connectivity index (χ0) is 23.2. The van der Waals surface area contributed by atoms with E-state index in [0.717, 1.165) is 22.5 Å². The van der Waals surface area contributed by atoms with E-state index in [4.69, 9.17) is 4.74 Å². The van der Waals surface area contributed by atoms with Crippen molar-refractivity contribution in [2.75, 3.05) is 18.2 Å². The fraction of sp³-hybridized carbons (Fsp3) is 0.167. The lowest BCUT2D eigenvalue weighted by atomic mass is 10.0. The summed E-state index contributed by atoms with van der Waals surface area (Å²) in [7, 11) is 3.22. The van der Waals surface area contributed by atoms with Gasteiger partial charge >= 0.3 is 5.97 Å². The topological polar surface area (TPSA) is 86.1 Å². The highest BCUT2D eigenvalue weighted by Crippen LogP contribution is 2.36. The van der Waals surface area contributed by atoms with Crippen LogP contribution in [0.2, 0.25) is 0 Å². The molecule has 0 aliphatic heterocycles. The van der Waals surface area contributed by atoms with Gasteiger partial charge in [-0.15, -0.1) is 21.5 Å². The minimum Gasteiger partial charge on any atom is -0.465 e. The van der Waals surface area contributed by atoms with Crippen molar-refractivity contribution < 1.29 is 14.3 Å². The number of carbonyl (C=O) groups excluding carboxylic acids is 2. The summed E-state index contributed by atoms with van der Waals surface area (Å²) >= 11 is 2.59. The second-order valence-electron chi connectivity index (χ2n) is 7.17. The summed E-state index contributed by atoms with van der Waals surface area (Å²) in [5.74, 6) is 0.232. The minimum absolute atomic E-state index is 0.135. The number of amides is 1. The molecule has 0 radical (unpaired) electrons. The van der Waals surface area contributed by atoms with Gasteiger partial charge in [0.25, 0.3) is 0 Å². The predicted molar refractivity (Wildman–Crippen MR) is 131 cm³/mol. The van der Waals surface area contributed by atoms with E-state index in [0.29, 0.717) is 22.1 Å². The smallest absolute Gasteiger partial charge is 0.341 e. The third-order valence-electron chi connectivity index (χ3n) is 4.98. The minimum atomic E-state index is -0.489. The number of nitrogens with one attached hydrogen (secondary N) is 1. The van der Waals surface area contributed by atoms with Gasteiger partial charge in [0.05, 0.1) is 12.9 Å². The molecule has 1 N–H and O–H groups in total. The fourth-order valence-electron chi connectivity index (χ4n) is 3.28. The van der Waals surface area contributed by atoms with Crippen LogP contribution >= 0.6 is 23.1 Å². The lowest BCUT2D eigenvalue weighted by Gasteiger charge is -2.08. The van der Waals surface area contributed by atoms with Crippen molar-refractivity contribution in [3.8, 4) is 11.1 Å². The maximum Gasteiger partial charge on any atom is 0.341 e. The molecule has 1 amide bonds.